The van der Waals surface area contributed by atoms with E-state index in [1.165, 1.54) is 0 Å². The lowest BCUT2D eigenvalue weighted by Crippen LogP contribution is -2.32. The van der Waals surface area contributed by atoms with Crippen molar-refractivity contribution in [3.8, 4) is 0 Å². The maximum absolute atomic E-state index is 14.4. The molecule has 0 bridgehead atoms. The lowest BCUT2D eigenvalue weighted by Gasteiger charge is -2.19. The SMILES string of the molecule is O=C(O)CCCC(F)(C(=O)O)c1ccc(F)c(Br)n1. The summed E-state index contributed by atoms with van der Waals surface area (Å²) in [5.74, 6) is -3.69. The summed E-state index contributed by atoms with van der Waals surface area (Å²) in [6, 6.07) is 1.82. The fraction of sp³-hybridized carbons (Fsp3) is 0.364. The number of carboxylic acids is 2. The Morgan fingerprint density at radius 3 is 2.47 bits per heavy atom. The molecule has 0 aromatic carbocycles. The van der Waals surface area contributed by atoms with Gasteiger partial charge in [0.1, 0.15) is 4.60 Å². The molecule has 0 aliphatic heterocycles. The van der Waals surface area contributed by atoms with Crippen LogP contribution >= 0.6 is 15.9 Å². The molecule has 1 unspecified atom stereocenters. The highest BCUT2D eigenvalue weighted by Crippen LogP contribution is 2.32. The summed E-state index contributed by atoms with van der Waals surface area (Å²) in [6.45, 7) is 0. The lowest BCUT2D eigenvalue weighted by molar-refractivity contribution is -0.153. The highest BCUT2D eigenvalue weighted by Gasteiger charge is 2.42. The van der Waals surface area contributed by atoms with Crippen LogP contribution in [0.15, 0.2) is 16.7 Å². The van der Waals surface area contributed by atoms with Crippen molar-refractivity contribution in [1.82, 2.24) is 4.98 Å². The molecular weight excluding hydrogens is 328 g/mol. The van der Waals surface area contributed by atoms with Gasteiger partial charge in [0.05, 0.1) is 5.69 Å². The topological polar surface area (TPSA) is 87.5 Å². The van der Waals surface area contributed by atoms with Crippen LogP contribution in [0.3, 0.4) is 0 Å². The smallest absolute Gasteiger partial charge is 0.347 e. The van der Waals surface area contributed by atoms with E-state index in [1.807, 2.05) is 0 Å². The second-order valence-electron chi connectivity index (χ2n) is 3.82. The van der Waals surface area contributed by atoms with Gasteiger partial charge in [0.15, 0.2) is 5.82 Å². The van der Waals surface area contributed by atoms with Crippen LogP contribution in [0, 0.1) is 5.82 Å². The maximum atomic E-state index is 14.4. The fourth-order valence-electron chi connectivity index (χ4n) is 1.47. The van der Waals surface area contributed by atoms with Gasteiger partial charge in [0.2, 0.25) is 5.67 Å². The van der Waals surface area contributed by atoms with E-state index in [1.54, 1.807) is 0 Å². The van der Waals surface area contributed by atoms with Crippen molar-refractivity contribution >= 4 is 27.9 Å². The molecule has 0 radical (unpaired) electrons. The normalized spacial score (nSPS) is 13.8. The molecule has 0 spiro atoms. The van der Waals surface area contributed by atoms with Crippen LogP contribution < -0.4 is 0 Å². The van der Waals surface area contributed by atoms with Crippen LogP contribution in [-0.2, 0) is 15.3 Å². The number of hydrogen-bond acceptors (Lipinski definition) is 3. The van der Waals surface area contributed by atoms with Gasteiger partial charge in [-0.25, -0.2) is 18.6 Å². The molecule has 0 fully saturated rings. The molecule has 19 heavy (non-hydrogen) atoms. The quantitative estimate of drug-likeness (QED) is 0.778. The lowest BCUT2D eigenvalue weighted by atomic mass is 9.94. The molecule has 0 aliphatic carbocycles. The van der Waals surface area contributed by atoms with E-state index in [9.17, 15) is 18.4 Å². The van der Waals surface area contributed by atoms with E-state index in [4.69, 9.17) is 10.2 Å². The van der Waals surface area contributed by atoms with Crippen molar-refractivity contribution in [3.05, 3.63) is 28.2 Å². The van der Waals surface area contributed by atoms with Crippen LogP contribution in [0.2, 0.25) is 0 Å². The van der Waals surface area contributed by atoms with Crippen molar-refractivity contribution in [1.29, 1.82) is 0 Å². The molecule has 0 saturated carbocycles. The van der Waals surface area contributed by atoms with Crippen LogP contribution in [0.5, 0.6) is 0 Å². The zero-order valence-electron chi connectivity index (χ0n) is 9.57. The minimum absolute atomic E-state index is 0.172. The van der Waals surface area contributed by atoms with Crippen LogP contribution in [-0.4, -0.2) is 27.1 Å². The van der Waals surface area contributed by atoms with E-state index < -0.39 is 35.5 Å². The van der Waals surface area contributed by atoms with E-state index in [0.29, 0.717) is 0 Å². The van der Waals surface area contributed by atoms with Crippen LogP contribution in [0.25, 0.3) is 0 Å². The third-order valence-electron chi connectivity index (χ3n) is 2.46. The predicted octanol–water partition coefficient (Wildman–Crippen LogP) is 2.49. The zero-order chi connectivity index (χ0) is 14.6. The summed E-state index contributed by atoms with van der Waals surface area (Å²) in [5, 5.41) is 17.4. The molecule has 8 heteroatoms. The number of nitrogens with zero attached hydrogens (tertiary/aromatic N) is 1. The Balaban J connectivity index is 3.00. The van der Waals surface area contributed by atoms with Crippen molar-refractivity contribution in [2.45, 2.75) is 24.9 Å². The molecule has 104 valence electrons. The zero-order valence-corrected chi connectivity index (χ0v) is 11.2. The third-order valence-corrected chi connectivity index (χ3v) is 3.02. The molecule has 1 atom stereocenters. The second kappa shape index (κ2) is 6.05. The average molecular weight is 338 g/mol. The number of halogens is 3. The van der Waals surface area contributed by atoms with Crippen LogP contribution in [0.1, 0.15) is 25.0 Å². The first-order valence-electron chi connectivity index (χ1n) is 5.24. The highest BCUT2D eigenvalue weighted by molar-refractivity contribution is 9.10. The van der Waals surface area contributed by atoms with Gasteiger partial charge in [-0.3, -0.25) is 4.79 Å². The summed E-state index contributed by atoms with van der Waals surface area (Å²) in [6.07, 6.45) is -1.09. The number of aromatic nitrogens is 1. The number of hydrogen-bond donors (Lipinski definition) is 2. The Morgan fingerprint density at radius 1 is 1.37 bits per heavy atom. The molecule has 1 heterocycles. The van der Waals surface area contributed by atoms with Gasteiger partial charge in [-0.2, -0.15) is 0 Å². The second-order valence-corrected chi connectivity index (χ2v) is 4.57. The summed E-state index contributed by atoms with van der Waals surface area (Å²) < 4.78 is 27.1. The molecule has 5 nitrogen and oxygen atoms in total. The number of carboxylic acid groups (broad SMARTS) is 2. The summed E-state index contributed by atoms with van der Waals surface area (Å²) in [7, 11) is 0. The average Bonchev–Trinajstić information content (AvgIpc) is 2.31. The van der Waals surface area contributed by atoms with Crippen molar-refractivity contribution < 1.29 is 28.6 Å². The predicted molar refractivity (Wildman–Crippen MR) is 63.8 cm³/mol. The molecule has 1 rings (SSSR count). The van der Waals surface area contributed by atoms with E-state index in [2.05, 4.69) is 20.9 Å². The minimum atomic E-state index is -2.84. The largest absolute Gasteiger partial charge is 0.481 e. The van der Waals surface area contributed by atoms with Gasteiger partial charge in [0, 0.05) is 6.42 Å². The first kappa shape index (κ1) is 15.5. The fourth-order valence-corrected chi connectivity index (χ4v) is 1.79. The molecule has 2 N–H and O–H groups in total. The number of aliphatic carboxylic acids is 2. The maximum Gasteiger partial charge on any atom is 0.347 e. The Kier molecular flexibility index (Phi) is 4.93. The number of carbonyl (C=O) groups is 2. The third kappa shape index (κ3) is 3.69. The van der Waals surface area contributed by atoms with Gasteiger partial charge in [-0.1, -0.05) is 0 Å². The van der Waals surface area contributed by atoms with Gasteiger partial charge in [-0.15, -0.1) is 0 Å². The minimum Gasteiger partial charge on any atom is -0.481 e. The van der Waals surface area contributed by atoms with Gasteiger partial charge >= 0.3 is 11.9 Å². The monoisotopic (exact) mass is 337 g/mol. The van der Waals surface area contributed by atoms with E-state index >= 15 is 0 Å². The molecule has 1 aromatic heterocycles. The molecular formula is C11H10BrF2NO4. The highest BCUT2D eigenvalue weighted by atomic mass is 79.9. The Labute approximate surface area is 115 Å². The van der Waals surface area contributed by atoms with Crippen molar-refractivity contribution in [3.63, 3.8) is 0 Å². The number of rotatable bonds is 6. The first-order chi connectivity index (χ1) is 8.77. The number of alkyl halides is 1. The molecule has 0 saturated heterocycles. The number of pyridine rings is 1. The Hall–Kier alpha value is -1.57. The summed E-state index contributed by atoms with van der Waals surface area (Å²) >= 11 is 2.74. The molecule has 1 aromatic rings. The Morgan fingerprint density at radius 2 is 2.00 bits per heavy atom. The van der Waals surface area contributed by atoms with Crippen molar-refractivity contribution in [2.75, 3.05) is 0 Å². The molecule has 0 amide bonds. The first-order valence-corrected chi connectivity index (χ1v) is 6.03. The van der Waals surface area contributed by atoms with Crippen molar-refractivity contribution in [2.24, 2.45) is 0 Å². The summed E-state index contributed by atoms with van der Waals surface area (Å²) in [4.78, 5) is 24.9. The van der Waals surface area contributed by atoms with E-state index in [-0.39, 0.29) is 17.4 Å². The van der Waals surface area contributed by atoms with Gasteiger partial charge in [-0.05, 0) is 40.9 Å². The standard InChI is InChI=1S/C11H10BrF2NO4/c12-9-6(13)3-4-7(15-9)11(14,10(18)19)5-1-2-8(16)17/h3-4H,1-2,5H2,(H,16,17)(H,18,19). The summed E-state index contributed by atoms with van der Waals surface area (Å²) in [5.41, 5.74) is -3.32. The van der Waals surface area contributed by atoms with Gasteiger partial charge in [0.25, 0.3) is 0 Å². The molecule has 0 aliphatic rings. The Bertz CT molecular complexity index is 511. The van der Waals surface area contributed by atoms with Crippen LogP contribution in [0.4, 0.5) is 8.78 Å². The van der Waals surface area contributed by atoms with E-state index in [0.717, 1.165) is 12.1 Å². The van der Waals surface area contributed by atoms with Gasteiger partial charge < -0.3 is 10.2 Å².